The van der Waals surface area contributed by atoms with Crippen LogP contribution in [0, 0.1) is 0 Å². The Kier molecular flexibility index (Phi) is 1.82. The Hall–Kier alpha value is -1.50. The van der Waals surface area contributed by atoms with Gasteiger partial charge in [-0.05, 0) is 31.2 Å². The molecule has 82 valence electrons. The van der Waals surface area contributed by atoms with E-state index in [2.05, 4.69) is 62.2 Å². The third-order valence-corrected chi connectivity index (χ3v) is 3.85. The van der Waals surface area contributed by atoms with Crippen LogP contribution in [-0.4, -0.2) is 12.6 Å². The van der Waals surface area contributed by atoms with Crippen LogP contribution in [0.15, 0.2) is 36.4 Å². The molecule has 0 saturated carbocycles. The molecule has 0 aromatic heterocycles. The van der Waals surface area contributed by atoms with Gasteiger partial charge in [-0.3, -0.25) is 0 Å². The second-order valence-corrected chi connectivity index (χ2v) is 5.34. The Labute approximate surface area is 96.7 Å². The number of nitrogens with zero attached hydrogens (tertiary/aromatic N) is 1. The predicted octanol–water partition coefficient (Wildman–Crippen LogP) is 3.61. The van der Waals surface area contributed by atoms with Gasteiger partial charge in [-0.1, -0.05) is 36.4 Å². The normalized spacial score (nSPS) is 17.8. The number of fused-ring (bicyclic) bond motifs is 3. The lowest BCUT2D eigenvalue weighted by Gasteiger charge is -2.30. The summed E-state index contributed by atoms with van der Waals surface area (Å²) >= 11 is 0. The summed E-state index contributed by atoms with van der Waals surface area (Å²) in [5.41, 5.74) is 3.14. The van der Waals surface area contributed by atoms with E-state index < -0.39 is 0 Å². The van der Waals surface area contributed by atoms with Gasteiger partial charge in [0, 0.05) is 23.7 Å². The molecule has 0 radical (unpaired) electrons. The second kappa shape index (κ2) is 3.00. The first-order valence-electron chi connectivity index (χ1n) is 5.84. The summed E-state index contributed by atoms with van der Waals surface area (Å²) in [5.74, 6) is 0. The molecule has 1 heterocycles. The van der Waals surface area contributed by atoms with E-state index in [9.17, 15) is 0 Å². The SMILES string of the molecule is CN1c2c(ccc3ccccc23)CC1(C)C. The molecule has 3 rings (SSSR count). The molecular formula is C15H17N. The van der Waals surface area contributed by atoms with Crippen LogP contribution < -0.4 is 4.90 Å². The molecule has 1 nitrogen and oxygen atoms in total. The maximum atomic E-state index is 2.42. The van der Waals surface area contributed by atoms with Crippen molar-refractivity contribution in [2.75, 3.05) is 11.9 Å². The molecule has 0 bridgehead atoms. The van der Waals surface area contributed by atoms with Crippen molar-refractivity contribution in [3.05, 3.63) is 42.0 Å². The molecule has 2 aromatic carbocycles. The first-order valence-corrected chi connectivity index (χ1v) is 5.84. The highest BCUT2D eigenvalue weighted by atomic mass is 15.2. The van der Waals surface area contributed by atoms with Crippen molar-refractivity contribution in [1.29, 1.82) is 0 Å². The van der Waals surface area contributed by atoms with Gasteiger partial charge in [0.1, 0.15) is 0 Å². The van der Waals surface area contributed by atoms with Crippen LogP contribution >= 0.6 is 0 Å². The van der Waals surface area contributed by atoms with Gasteiger partial charge in [0.05, 0.1) is 0 Å². The molecule has 0 atom stereocenters. The number of likely N-dealkylation sites (N-methyl/N-ethyl adjacent to an activating group) is 1. The van der Waals surface area contributed by atoms with Gasteiger partial charge in [0.2, 0.25) is 0 Å². The molecule has 16 heavy (non-hydrogen) atoms. The largest absolute Gasteiger partial charge is 0.368 e. The van der Waals surface area contributed by atoms with E-state index in [1.807, 2.05) is 0 Å². The number of benzene rings is 2. The van der Waals surface area contributed by atoms with Crippen LogP contribution in [0.4, 0.5) is 5.69 Å². The summed E-state index contributed by atoms with van der Waals surface area (Å²) in [4.78, 5) is 2.42. The predicted molar refractivity (Wildman–Crippen MR) is 70.1 cm³/mol. The second-order valence-electron chi connectivity index (χ2n) is 5.34. The molecule has 0 saturated heterocycles. The molecule has 1 aliphatic heterocycles. The maximum absolute atomic E-state index is 2.42. The monoisotopic (exact) mass is 211 g/mol. The fourth-order valence-corrected chi connectivity index (χ4v) is 2.73. The summed E-state index contributed by atoms with van der Waals surface area (Å²) in [5, 5.41) is 2.72. The third-order valence-electron chi connectivity index (χ3n) is 3.85. The lowest BCUT2D eigenvalue weighted by molar-refractivity contribution is 0.516. The van der Waals surface area contributed by atoms with Crippen molar-refractivity contribution in [3.8, 4) is 0 Å². The van der Waals surface area contributed by atoms with Crippen LogP contribution in [0.1, 0.15) is 19.4 Å². The number of anilines is 1. The van der Waals surface area contributed by atoms with Gasteiger partial charge in [0.15, 0.2) is 0 Å². The lowest BCUT2D eigenvalue weighted by Crippen LogP contribution is -2.37. The fourth-order valence-electron chi connectivity index (χ4n) is 2.73. The number of hydrogen-bond donors (Lipinski definition) is 0. The van der Waals surface area contributed by atoms with Gasteiger partial charge in [0.25, 0.3) is 0 Å². The van der Waals surface area contributed by atoms with Gasteiger partial charge >= 0.3 is 0 Å². The average Bonchev–Trinajstić information content (AvgIpc) is 2.50. The number of hydrogen-bond acceptors (Lipinski definition) is 1. The fraction of sp³-hybridized carbons (Fsp3) is 0.333. The smallest absolute Gasteiger partial charge is 0.0481 e. The molecule has 0 unspecified atom stereocenters. The Balaban J connectivity index is 2.34. The van der Waals surface area contributed by atoms with Gasteiger partial charge in [-0.2, -0.15) is 0 Å². The quantitative estimate of drug-likeness (QED) is 0.643. The summed E-state index contributed by atoms with van der Waals surface area (Å²) in [6.07, 6.45) is 1.14. The van der Waals surface area contributed by atoms with Crippen LogP contribution in [0.25, 0.3) is 10.8 Å². The van der Waals surface area contributed by atoms with E-state index in [0.717, 1.165) is 6.42 Å². The maximum Gasteiger partial charge on any atom is 0.0481 e. The van der Waals surface area contributed by atoms with E-state index in [1.165, 1.54) is 22.0 Å². The topological polar surface area (TPSA) is 3.24 Å². The van der Waals surface area contributed by atoms with Gasteiger partial charge in [-0.25, -0.2) is 0 Å². The summed E-state index contributed by atoms with van der Waals surface area (Å²) in [6, 6.07) is 13.2. The summed E-state index contributed by atoms with van der Waals surface area (Å²) in [7, 11) is 2.21. The van der Waals surface area contributed by atoms with Crippen molar-refractivity contribution < 1.29 is 0 Å². The zero-order chi connectivity index (χ0) is 11.3. The van der Waals surface area contributed by atoms with Gasteiger partial charge < -0.3 is 4.90 Å². The highest BCUT2D eigenvalue weighted by molar-refractivity contribution is 5.97. The van der Waals surface area contributed by atoms with Crippen molar-refractivity contribution in [3.63, 3.8) is 0 Å². The van der Waals surface area contributed by atoms with Crippen molar-refractivity contribution in [2.45, 2.75) is 25.8 Å². The van der Waals surface area contributed by atoms with E-state index >= 15 is 0 Å². The van der Waals surface area contributed by atoms with Crippen LogP contribution in [0.2, 0.25) is 0 Å². The molecule has 1 aliphatic rings. The average molecular weight is 211 g/mol. The molecular weight excluding hydrogens is 194 g/mol. The van der Waals surface area contributed by atoms with E-state index in [-0.39, 0.29) is 5.54 Å². The van der Waals surface area contributed by atoms with Crippen molar-refractivity contribution in [2.24, 2.45) is 0 Å². The first kappa shape index (κ1) is 9.71. The zero-order valence-corrected chi connectivity index (χ0v) is 10.1. The standard InChI is InChI=1S/C15H17N/c1-15(2)10-12-9-8-11-6-4-5-7-13(11)14(12)16(15)3/h4-9H,10H2,1-3H3. The first-order chi connectivity index (χ1) is 7.59. The Bertz CT molecular complexity index is 554. The highest BCUT2D eigenvalue weighted by Gasteiger charge is 2.34. The van der Waals surface area contributed by atoms with Crippen LogP contribution in [0.5, 0.6) is 0 Å². The summed E-state index contributed by atoms with van der Waals surface area (Å²) in [6.45, 7) is 4.61. The molecule has 0 N–H and O–H groups in total. The van der Waals surface area contributed by atoms with Gasteiger partial charge in [-0.15, -0.1) is 0 Å². The van der Waals surface area contributed by atoms with E-state index in [0.29, 0.717) is 0 Å². The molecule has 2 aromatic rings. The molecule has 0 aliphatic carbocycles. The minimum absolute atomic E-state index is 0.243. The lowest BCUT2D eigenvalue weighted by atomic mass is 9.99. The minimum Gasteiger partial charge on any atom is -0.368 e. The minimum atomic E-state index is 0.243. The number of rotatable bonds is 0. The Morgan fingerprint density at radius 1 is 1.06 bits per heavy atom. The van der Waals surface area contributed by atoms with Crippen LogP contribution in [0.3, 0.4) is 0 Å². The molecule has 0 fully saturated rings. The Morgan fingerprint density at radius 3 is 2.62 bits per heavy atom. The van der Waals surface area contributed by atoms with Crippen molar-refractivity contribution >= 4 is 16.5 Å². The molecule has 0 amide bonds. The highest BCUT2D eigenvalue weighted by Crippen LogP contribution is 2.41. The third kappa shape index (κ3) is 1.18. The van der Waals surface area contributed by atoms with E-state index in [1.54, 1.807) is 0 Å². The Morgan fingerprint density at radius 2 is 1.81 bits per heavy atom. The van der Waals surface area contributed by atoms with Crippen molar-refractivity contribution in [1.82, 2.24) is 0 Å². The van der Waals surface area contributed by atoms with Crippen LogP contribution in [-0.2, 0) is 6.42 Å². The molecule has 0 spiro atoms. The summed E-state index contributed by atoms with van der Waals surface area (Å²) < 4.78 is 0. The zero-order valence-electron chi connectivity index (χ0n) is 10.1. The van der Waals surface area contributed by atoms with E-state index in [4.69, 9.17) is 0 Å². The molecule has 1 heteroatoms.